The van der Waals surface area contributed by atoms with Crippen molar-refractivity contribution >= 4 is 39.5 Å². The molecule has 3 aliphatic rings. The molecule has 0 aromatic heterocycles. The molecule has 3 aromatic carbocycles. The molecule has 0 saturated carbocycles. The van der Waals surface area contributed by atoms with Gasteiger partial charge in [0.05, 0.1) is 27.4 Å². The smallest absolute Gasteiger partial charge is 0.340 e. The molecule has 2 N–H and O–H groups in total. The lowest BCUT2D eigenvalue weighted by atomic mass is 9.83. The van der Waals surface area contributed by atoms with E-state index in [9.17, 15) is 24.5 Å². The second-order valence-electron chi connectivity index (χ2n) is 8.23. The zero-order chi connectivity index (χ0) is 24.3. The molecule has 8 heteroatoms. The predicted molar refractivity (Wildman–Crippen MR) is 131 cm³/mol. The lowest BCUT2D eigenvalue weighted by molar-refractivity contribution is -0.385. The van der Waals surface area contributed by atoms with Crippen LogP contribution in [-0.2, 0) is 0 Å². The van der Waals surface area contributed by atoms with Gasteiger partial charge in [0.2, 0.25) is 0 Å². The molecule has 1 heterocycles. The van der Waals surface area contributed by atoms with Gasteiger partial charge in [-0.3, -0.25) is 24.5 Å². The van der Waals surface area contributed by atoms with Gasteiger partial charge in [0.1, 0.15) is 5.69 Å². The summed E-state index contributed by atoms with van der Waals surface area (Å²) < 4.78 is 0. The van der Waals surface area contributed by atoms with Gasteiger partial charge in [-0.05, 0) is 29.7 Å². The first-order chi connectivity index (χ1) is 16.9. The fraction of sp³-hybridized carbons (Fsp3) is 0. The highest BCUT2D eigenvalue weighted by Gasteiger charge is 2.32. The van der Waals surface area contributed by atoms with Crippen LogP contribution in [0.25, 0.3) is 22.2 Å². The highest BCUT2D eigenvalue weighted by atomic mass is 16.6. The second-order valence-corrected chi connectivity index (χ2v) is 8.23. The third-order valence-corrected chi connectivity index (χ3v) is 6.23. The van der Waals surface area contributed by atoms with Crippen molar-refractivity contribution in [3.8, 4) is 11.3 Å². The van der Waals surface area contributed by atoms with E-state index in [0.717, 1.165) is 10.9 Å². The molecule has 0 unspecified atom stereocenters. The van der Waals surface area contributed by atoms with Gasteiger partial charge in [-0.15, -0.1) is 0 Å². The molecule has 0 spiro atoms. The van der Waals surface area contributed by atoms with Crippen LogP contribution in [0.4, 0.5) is 17.1 Å². The lowest BCUT2D eigenvalue weighted by Crippen LogP contribution is -2.22. The quantitative estimate of drug-likeness (QED) is 0.216. The van der Waals surface area contributed by atoms with Gasteiger partial charge in [0.25, 0.3) is 5.43 Å². The minimum Gasteiger partial charge on any atom is -0.354 e. The number of carbonyl (C=O) groups excluding carboxylic acids is 2. The average Bonchev–Trinajstić information content (AvgIpc) is 2.86. The number of pyridine rings is 1. The van der Waals surface area contributed by atoms with Crippen LogP contribution >= 0.6 is 0 Å². The number of hydrogen-bond acceptors (Lipinski definition) is 6. The lowest BCUT2D eigenvalue weighted by Gasteiger charge is -2.21. The first kappa shape index (κ1) is 20.5. The van der Waals surface area contributed by atoms with Crippen molar-refractivity contribution in [1.29, 1.82) is 0 Å². The number of nitrogens with one attached hydrogen (secondary N) is 2. The fourth-order valence-corrected chi connectivity index (χ4v) is 4.62. The summed E-state index contributed by atoms with van der Waals surface area (Å²) in [5, 5.41) is 15.6. The number of nitro groups is 1. The Hall–Kier alpha value is -5.11. The second kappa shape index (κ2) is 7.46. The van der Waals surface area contributed by atoms with Gasteiger partial charge in [0.15, 0.2) is 11.6 Å². The first-order valence-corrected chi connectivity index (χ1v) is 10.8. The molecule has 35 heavy (non-hydrogen) atoms. The molecule has 0 radical (unpaired) electrons. The number of fused-ring (bicyclic) bond motifs is 4. The highest BCUT2D eigenvalue weighted by molar-refractivity contribution is 6.30. The van der Waals surface area contributed by atoms with Crippen LogP contribution in [-0.4, -0.2) is 21.5 Å². The van der Waals surface area contributed by atoms with E-state index in [1.54, 1.807) is 54.6 Å². The molecule has 168 valence electrons. The van der Waals surface area contributed by atoms with Crippen LogP contribution < -0.4 is 10.7 Å². The van der Waals surface area contributed by atoms with Gasteiger partial charge in [0, 0.05) is 22.2 Å². The van der Waals surface area contributed by atoms with Crippen LogP contribution in [0.5, 0.6) is 0 Å². The molecular formula is C27H15N3O5. The van der Waals surface area contributed by atoms with E-state index in [1.165, 1.54) is 6.07 Å². The number of nitro benzene ring substituents is 1. The Labute approximate surface area is 197 Å². The molecule has 0 atom stereocenters. The van der Waals surface area contributed by atoms with E-state index in [0.29, 0.717) is 11.3 Å². The molecule has 2 aliphatic carbocycles. The summed E-state index contributed by atoms with van der Waals surface area (Å²) in [6.07, 6.45) is 0. The Morgan fingerprint density at radius 1 is 0.714 bits per heavy atom. The van der Waals surface area contributed by atoms with E-state index >= 15 is 0 Å². The minimum atomic E-state index is -0.755. The summed E-state index contributed by atoms with van der Waals surface area (Å²) >= 11 is 0. The van der Waals surface area contributed by atoms with Crippen LogP contribution in [0.3, 0.4) is 0 Å². The highest BCUT2D eigenvalue weighted by Crippen LogP contribution is 2.36. The van der Waals surface area contributed by atoms with E-state index in [2.05, 4.69) is 10.3 Å². The number of aromatic nitrogens is 1. The molecule has 0 amide bonds. The third kappa shape index (κ3) is 3.04. The number of nitrogens with zero attached hydrogens (tertiary/aromatic N) is 1. The number of para-hydroxylation sites is 1. The molecule has 1 aliphatic heterocycles. The van der Waals surface area contributed by atoms with Crippen LogP contribution in [0.2, 0.25) is 0 Å². The predicted octanol–water partition coefficient (Wildman–Crippen LogP) is 5.06. The van der Waals surface area contributed by atoms with Gasteiger partial charge in [-0.2, -0.15) is 0 Å². The largest absolute Gasteiger partial charge is 0.354 e. The Bertz CT molecular complexity index is 1770. The summed E-state index contributed by atoms with van der Waals surface area (Å²) in [5.74, 6) is -0.683. The Balaban J connectivity index is 1.56. The SMILES string of the molecule is O=C1c2ccccc2C(=O)c2c(Nc3cc4[nH]c5ccccc5cc-4c(=O)c3[N+](=O)[O-])cccc21. The summed E-state index contributed by atoms with van der Waals surface area (Å²) in [6.45, 7) is 0. The van der Waals surface area contributed by atoms with Crippen molar-refractivity contribution in [1.82, 2.24) is 4.98 Å². The molecule has 0 saturated heterocycles. The fourth-order valence-electron chi connectivity index (χ4n) is 4.62. The summed E-state index contributed by atoms with van der Waals surface area (Å²) in [4.78, 5) is 53.9. The van der Waals surface area contributed by atoms with Crippen molar-refractivity contribution in [3.63, 3.8) is 0 Å². The van der Waals surface area contributed by atoms with E-state index < -0.39 is 16.0 Å². The number of rotatable bonds is 3. The van der Waals surface area contributed by atoms with E-state index in [4.69, 9.17) is 0 Å². The van der Waals surface area contributed by atoms with E-state index in [1.807, 2.05) is 18.2 Å². The number of carbonyl (C=O) groups is 2. The number of aromatic amines is 1. The van der Waals surface area contributed by atoms with Crippen molar-refractivity contribution in [3.05, 3.63) is 121 Å². The topological polar surface area (TPSA) is 122 Å². The molecular weight excluding hydrogens is 446 g/mol. The van der Waals surface area contributed by atoms with Gasteiger partial charge < -0.3 is 10.3 Å². The van der Waals surface area contributed by atoms with Crippen LogP contribution in [0, 0.1) is 10.1 Å². The molecule has 6 rings (SSSR count). The maximum atomic E-state index is 13.3. The Morgan fingerprint density at radius 3 is 2.17 bits per heavy atom. The normalized spacial score (nSPS) is 12.5. The van der Waals surface area contributed by atoms with Crippen LogP contribution in [0.15, 0.2) is 83.7 Å². The number of ketones is 2. The first-order valence-electron chi connectivity index (χ1n) is 10.8. The summed E-state index contributed by atoms with van der Waals surface area (Å²) in [6, 6.07) is 21.6. The third-order valence-electron chi connectivity index (χ3n) is 6.23. The van der Waals surface area contributed by atoms with Crippen molar-refractivity contribution in [2.45, 2.75) is 0 Å². The minimum absolute atomic E-state index is 0.0773. The number of anilines is 2. The maximum absolute atomic E-state index is 13.3. The molecule has 8 nitrogen and oxygen atoms in total. The maximum Gasteiger partial charge on any atom is 0.340 e. The molecule has 0 fully saturated rings. The van der Waals surface area contributed by atoms with E-state index in [-0.39, 0.29) is 45.2 Å². The number of hydrogen-bond donors (Lipinski definition) is 2. The monoisotopic (exact) mass is 461 g/mol. The van der Waals surface area contributed by atoms with Crippen molar-refractivity contribution < 1.29 is 14.5 Å². The number of H-pyrrole nitrogens is 1. The zero-order valence-electron chi connectivity index (χ0n) is 18.0. The van der Waals surface area contributed by atoms with Gasteiger partial charge in [-0.1, -0.05) is 54.6 Å². The van der Waals surface area contributed by atoms with Gasteiger partial charge >= 0.3 is 5.69 Å². The summed E-state index contributed by atoms with van der Waals surface area (Å²) in [5.41, 5.74) is 0.943. The van der Waals surface area contributed by atoms with Crippen LogP contribution in [0.1, 0.15) is 31.8 Å². The van der Waals surface area contributed by atoms with Crippen molar-refractivity contribution in [2.24, 2.45) is 0 Å². The average molecular weight is 461 g/mol. The standard InChI is InChI=1S/C27H15N3O5/c31-25-15-7-2-3-8-16(15)26(32)23-17(25)9-5-11-20(23)29-22-13-21-18(27(33)24(22)30(34)35)12-14-6-1-4-10-19(14)28-21/h1-13,28-29H. The van der Waals surface area contributed by atoms with Gasteiger partial charge in [-0.25, -0.2) is 0 Å². The summed E-state index contributed by atoms with van der Waals surface area (Å²) in [7, 11) is 0. The molecule has 0 bridgehead atoms. The molecule has 3 aromatic rings. The number of benzene rings is 4. The zero-order valence-corrected chi connectivity index (χ0v) is 18.0. The Kier molecular flexibility index (Phi) is 4.37. The Morgan fingerprint density at radius 2 is 1.40 bits per heavy atom. The van der Waals surface area contributed by atoms with Crippen molar-refractivity contribution in [2.75, 3.05) is 5.32 Å².